The van der Waals surface area contributed by atoms with Gasteiger partial charge in [0.05, 0.1) is 6.61 Å². The van der Waals surface area contributed by atoms with E-state index in [0.717, 1.165) is 4.47 Å². The third-order valence-corrected chi connectivity index (χ3v) is 2.37. The van der Waals surface area contributed by atoms with Gasteiger partial charge in [0.1, 0.15) is 0 Å². The van der Waals surface area contributed by atoms with Crippen LogP contribution in [-0.2, 0) is 4.74 Å². The van der Waals surface area contributed by atoms with Crippen molar-refractivity contribution >= 4 is 21.8 Å². The fourth-order valence-corrected chi connectivity index (χ4v) is 1.63. The molecular weight excluding hydrogens is 258 g/mol. The van der Waals surface area contributed by atoms with Crippen LogP contribution in [-0.4, -0.2) is 25.7 Å². The molecule has 1 amide bonds. The highest BCUT2D eigenvalue weighted by atomic mass is 79.9. The van der Waals surface area contributed by atoms with Gasteiger partial charge < -0.3 is 10.1 Å². The Balaban J connectivity index is 2.61. The lowest BCUT2D eigenvalue weighted by atomic mass is 10.2. The maximum absolute atomic E-state index is 11.7. The fourth-order valence-electron chi connectivity index (χ4n) is 1.23. The van der Waals surface area contributed by atoms with Crippen LogP contribution < -0.4 is 5.32 Å². The molecule has 0 radical (unpaired) electrons. The van der Waals surface area contributed by atoms with E-state index in [1.54, 1.807) is 19.2 Å². The fraction of sp³-hybridized carbons (Fsp3) is 0.364. The predicted octanol–water partition coefficient (Wildman–Crippen LogP) is 2.21. The normalized spacial score (nSPS) is 12.2. The Morgan fingerprint density at radius 2 is 2.33 bits per heavy atom. The van der Waals surface area contributed by atoms with E-state index in [-0.39, 0.29) is 11.9 Å². The molecule has 1 unspecified atom stereocenters. The van der Waals surface area contributed by atoms with E-state index in [9.17, 15) is 4.79 Å². The van der Waals surface area contributed by atoms with Crippen molar-refractivity contribution in [1.82, 2.24) is 5.32 Å². The van der Waals surface area contributed by atoms with Crippen LogP contribution >= 0.6 is 15.9 Å². The van der Waals surface area contributed by atoms with Crippen LogP contribution in [0.1, 0.15) is 17.3 Å². The van der Waals surface area contributed by atoms with Gasteiger partial charge in [0, 0.05) is 23.2 Å². The Morgan fingerprint density at radius 3 is 2.93 bits per heavy atom. The van der Waals surface area contributed by atoms with E-state index in [1.807, 2.05) is 19.1 Å². The molecule has 0 aromatic heterocycles. The number of rotatable bonds is 4. The van der Waals surface area contributed by atoms with Crippen LogP contribution in [0.15, 0.2) is 28.7 Å². The number of ether oxygens (including phenoxy) is 1. The number of hydrogen-bond donors (Lipinski definition) is 1. The van der Waals surface area contributed by atoms with Crippen molar-refractivity contribution in [2.45, 2.75) is 13.0 Å². The zero-order valence-electron chi connectivity index (χ0n) is 8.79. The average molecular weight is 272 g/mol. The van der Waals surface area contributed by atoms with Crippen molar-refractivity contribution in [2.75, 3.05) is 13.7 Å². The number of amides is 1. The Hall–Kier alpha value is -0.870. The molecule has 82 valence electrons. The molecule has 0 saturated carbocycles. The standard InChI is InChI=1S/C11H14BrNO2/c1-8(7-15-2)13-11(14)9-4-3-5-10(12)6-9/h3-6,8H,7H2,1-2H3,(H,13,14). The summed E-state index contributed by atoms with van der Waals surface area (Å²) in [6.07, 6.45) is 0. The first kappa shape index (κ1) is 12.2. The third-order valence-electron chi connectivity index (χ3n) is 1.88. The first-order valence-electron chi connectivity index (χ1n) is 4.69. The molecule has 0 bridgehead atoms. The largest absolute Gasteiger partial charge is 0.383 e. The molecule has 15 heavy (non-hydrogen) atoms. The van der Waals surface area contributed by atoms with Crippen molar-refractivity contribution in [3.8, 4) is 0 Å². The highest BCUT2D eigenvalue weighted by Crippen LogP contribution is 2.11. The van der Waals surface area contributed by atoms with Crippen molar-refractivity contribution in [3.63, 3.8) is 0 Å². The summed E-state index contributed by atoms with van der Waals surface area (Å²) in [6, 6.07) is 7.30. The number of nitrogens with one attached hydrogen (secondary N) is 1. The van der Waals surface area contributed by atoms with E-state index < -0.39 is 0 Å². The topological polar surface area (TPSA) is 38.3 Å². The van der Waals surface area contributed by atoms with Gasteiger partial charge in [-0.15, -0.1) is 0 Å². The first-order chi connectivity index (χ1) is 7.13. The molecule has 0 aliphatic heterocycles. The Morgan fingerprint density at radius 1 is 1.60 bits per heavy atom. The van der Waals surface area contributed by atoms with Gasteiger partial charge in [-0.2, -0.15) is 0 Å². The van der Waals surface area contributed by atoms with E-state index in [1.165, 1.54) is 0 Å². The highest BCUT2D eigenvalue weighted by Gasteiger charge is 2.09. The van der Waals surface area contributed by atoms with Crippen molar-refractivity contribution in [1.29, 1.82) is 0 Å². The van der Waals surface area contributed by atoms with Crippen LogP contribution in [0.25, 0.3) is 0 Å². The monoisotopic (exact) mass is 271 g/mol. The van der Waals surface area contributed by atoms with Gasteiger partial charge in [0.15, 0.2) is 0 Å². The van der Waals surface area contributed by atoms with Crippen LogP contribution in [0.5, 0.6) is 0 Å². The van der Waals surface area contributed by atoms with E-state index in [2.05, 4.69) is 21.2 Å². The first-order valence-corrected chi connectivity index (χ1v) is 5.48. The summed E-state index contributed by atoms with van der Waals surface area (Å²) >= 11 is 3.32. The molecule has 4 heteroatoms. The Labute approximate surface area is 97.9 Å². The van der Waals surface area contributed by atoms with Gasteiger partial charge in [-0.05, 0) is 25.1 Å². The summed E-state index contributed by atoms with van der Waals surface area (Å²) in [6.45, 7) is 2.42. The van der Waals surface area contributed by atoms with Gasteiger partial charge in [-0.25, -0.2) is 0 Å². The lowest BCUT2D eigenvalue weighted by Gasteiger charge is -2.12. The number of carbonyl (C=O) groups is 1. The van der Waals surface area contributed by atoms with Crippen molar-refractivity contribution < 1.29 is 9.53 Å². The number of benzene rings is 1. The second-order valence-electron chi connectivity index (χ2n) is 3.34. The summed E-state index contributed by atoms with van der Waals surface area (Å²) in [5.41, 5.74) is 0.646. The quantitative estimate of drug-likeness (QED) is 0.912. The van der Waals surface area contributed by atoms with E-state index in [0.29, 0.717) is 12.2 Å². The summed E-state index contributed by atoms with van der Waals surface area (Å²) in [4.78, 5) is 11.7. The van der Waals surface area contributed by atoms with Crippen LogP contribution in [0.3, 0.4) is 0 Å². The van der Waals surface area contributed by atoms with Gasteiger partial charge in [0.2, 0.25) is 0 Å². The van der Waals surface area contributed by atoms with Gasteiger partial charge in [0.25, 0.3) is 5.91 Å². The lowest BCUT2D eigenvalue weighted by Crippen LogP contribution is -2.35. The number of carbonyl (C=O) groups excluding carboxylic acids is 1. The van der Waals surface area contributed by atoms with E-state index >= 15 is 0 Å². The van der Waals surface area contributed by atoms with Crippen LogP contribution in [0, 0.1) is 0 Å². The van der Waals surface area contributed by atoms with Gasteiger partial charge in [-0.1, -0.05) is 22.0 Å². The summed E-state index contributed by atoms with van der Waals surface area (Å²) in [5.74, 6) is -0.0825. The third kappa shape index (κ3) is 4.01. The van der Waals surface area contributed by atoms with Crippen molar-refractivity contribution in [3.05, 3.63) is 34.3 Å². The number of halogens is 1. The molecule has 1 atom stereocenters. The summed E-state index contributed by atoms with van der Waals surface area (Å²) in [5, 5.41) is 2.84. The predicted molar refractivity (Wildman–Crippen MR) is 62.9 cm³/mol. The van der Waals surface area contributed by atoms with Crippen molar-refractivity contribution in [2.24, 2.45) is 0 Å². The molecular formula is C11H14BrNO2. The minimum atomic E-state index is -0.0825. The summed E-state index contributed by atoms with van der Waals surface area (Å²) in [7, 11) is 1.61. The highest BCUT2D eigenvalue weighted by molar-refractivity contribution is 9.10. The number of methoxy groups -OCH3 is 1. The zero-order chi connectivity index (χ0) is 11.3. The smallest absolute Gasteiger partial charge is 0.251 e. The molecule has 0 spiro atoms. The van der Waals surface area contributed by atoms with Crippen LogP contribution in [0.2, 0.25) is 0 Å². The maximum Gasteiger partial charge on any atom is 0.251 e. The molecule has 0 aliphatic carbocycles. The van der Waals surface area contributed by atoms with Gasteiger partial charge >= 0.3 is 0 Å². The minimum absolute atomic E-state index is 0.0153. The minimum Gasteiger partial charge on any atom is -0.383 e. The molecule has 1 aromatic carbocycles. The molecule has 0 saturated heterocycles. The second-order valence-corrected chi connectivity index (χ2v) is 4.26. The molecule has 1 aromatic rings. The summed E-state index contributed by atoms with van der Waals surface area (Å²) < 4.78 is 5.84. The molecule has 3 nitrogen and oxygen atoms in total. The molecule has 0 heterocycles. The maximum atomic E-state index is 11.7. The van der Waals surface area contributed by atoms with Gasteiger partial charge in [-0.3, -0.25) is 4.79 Å². The molecule has 1 N–H and O–H groups in total. The average Bonchev–Trinajstić information content (AvgIpc) is 2.18. The van der Waals surface area contributed by atoms with E-state index in [4.69, 9.17) is 4.74 Å². The molecule has 0 aliphatic rings. The Bertz CT molecular complexity index is 341. The molecule has 1 rings (SSSR count). The zero-order valence-corrected chi connectivity index (χ0v) is 10.4. The second kappa shape index (κ2) is 5.88. The lowest BCUT2D eigenvalue weighted by molar-refractivity contribution is 0.0905. The Kier molecular flexibility index (Phi) is 4.78. The SMILES string of the molecule is COCC(C)NC(=O)c1cccc(Br)c1. The number of hydrogen-bond acceptors (Lipinski definition) is 2. The van der Waals surface area contributed by atoms with Crippen LogP contribution in [0.4, 0.5) is 0 Å². The molecule has 0 fully saturated rings.